The minimum Gasteiger partial charge on any atom is -0.546 e. The highest BCUT2D eigenvalue weighted by Crippen LogP contribution is 2.30. The lowest BCUT2D eigenvalue weighted by atomic mass is 10.1. The van der Waals surface area contributed by atoms with Crippen molar-refractivity contribution in [3.63, 3.8) is 0 Å². The molecular formula is C23H22N3O7-. The van der Waals surface area contributed by atoms with Crippen LogP contribution in [0, 0.1) is 6.92 Å². The van der Waals surface area contributed by atoms with Crippen LogP contribution in [0.5, 0.6) is 11.5 Å². The van der Waals surface area contributed by atoms with Gasteiger partial charge in [-0.2, -0.15) is 0 Å². The number of benzene rings is 2. The smallest absolute Gasteiger partial charge is 0.329 e. The fourth-order valence-electron chi connectivity index (χ4n) is 2.97. The third-order valence-corrected chi connectivity index (χ3v) is 4.73. The predicted octanol–water partition coefficient (Wildman–Crippen LogP) is 1.05. The lowest BCUT2D eigenvalue weighted by molar-refractivity contribution is -0.312. The van der Waals surface area contributed by atoms with Gasteiger partial charge in [-0.05, 0) is 49.8 Å². The summed E-state index contributed by atoms with van der Waals surface area (Å²) in [6, 6.07) is 10.9. The zero-order chi connectivity index (χ0) is 24.1. The summed E-state index contributed by atoms with van der Waals surface area (Å²) in [5, 5.41) is 16.0. The van der Waals surface area contributed by atoms with E-state index >= 15 is 0 Å². The lowest BCUT2D eigenvalue weighted by Crippen LogP contribution is -2.38. The van der Waals surface area contributed by atoms with Gasteiger partial charge < -0.3 is 30.0 Å². The molecule has 10 nitrogen and oxygen atoms in total. The molecule has 1 fully saturated rings. The number of aryl methyl sites for hydroxylation is 1. The van der Waals surface area contributed by atoms with Crippen LogP contribution < -0.4 is 25.2 Å². The maximum Gasteiger partial charge on any atom is 0.329 e. The van der Waals surface area contributed by atoms with Crippen molar-refractivity contribution in [3.05, 3.63) is 59.3 Å². The molecule has 0 unspecified atom stereocenters. The zero-order valence-electron chi connectivity index (χ0n) is 18.2. The molecule has 1 saturated heterocycles. The van der Waals surface area contributed by atoms with Crippen LogP contribution >= 0.6 is 0 Å². The van der Waals surface area contributed by atoms with Gasteiger partial charge in [0.1, 0.15) is 18.3 Å². The lowest BCUT2D eigenvalue weighted by Gasteiger charge is -2.17. The average molecular weight is 452 g/mol. The van der Waals surface area contributed by atoms with Crippen molar-refractivity contribution in [2.75, 3.05) is 19.0 Å². The third-order valence-electron chi connectivity index (χ3n) is 4.73. The number of anilines is 1. The quantitative estimate of drug-likeness (QED) is 0.451. The molecule has 2 aromatic rings. The van der Waals surface area contributed by atoms with Gasteiger partial charge in [0.2, 0.25) is 5.91 Å². The molecule has 1 atom stereocenters. The SMILES string of the molecule is COc1cc(/C=C2\NC(=O)N(CC(=O)Nc3ccc(C)cc3)C2=O)ccc1O[C@H](C)C(=O)[O-]. The summed E-state index contributed by atoms with van der Waals surface area (Å²) in [5.74, 6) is -2.16. The first-order valence-electron chi connectivity index (χ1n) is 9.94. The molecular weight excluding hydrogens is 430 g/mol. The zero-order valence-corrected chi connectivity index (χ0v) is 18.2. The van der Waals surface area contributed by atoms with Gasteiger partial charge in [-0.15, -0.1) is 0 Å². The van der Waals surface area contributed by atoms with Gasteiger partial charge in [0.25, 0.3) is 5.91 Å². The Kier molecular flexibility index (Phi) is 6.97. The summed E-state index contributed by atoms with van der Waals surface area (Å²) in [7, 11) is 1.37. The van der Waals surface area contributed by atoms with Crippen LogP contribution in [0.3, 0.4) is 0 Å². The predicted molar refractivity (Wildman–Crippen MR) is 116 cm³/mol. The van der Waals surface area contributed by atoms with Gasteiger partial charge in [0, 0.05) is 5.69 Å². The second-order valence-corrected chi connectivity index (χ2v) is 7.28. The molecule has 33 heavy (non-hydrogen) atoms. The highest BCUT2D eigenvalue weighted by atomic mass is 16.5. The Bertz CT molecular complexity index is 1130. The molecule has 10 heteroatoms. The van der Waals surface area contributed by atoms with Crippen molar-refractivity contribution in [1.82, 2.24) is 10.2 Å². The number of aliphatic carboxylic acids is 1. The summed E-state index contributed by atoms with van der Waals surface area (Å²) >= 11 is 0. The van der Waals surface area contributed by atoms with E-state index in [9.17, 15) is 24.3 Å². The topological polar surface area (TPSA) is 137 Å². The molecule has 0 aliphatic carbocycles. The van der Waals surface area contributed by atoms with Crippen molar-refractivity contribution in [1.29, 1.82) is 0 Å². The van der Waals surface area contributed by atoms with Gasteiger partial charge >= 0.3 is 6.03 Å². The highest BCUT2D eigenvalue weighted by Gasteiger charge is 2.35. The Morgan fingerprint density at radius 3 is 2.48 bits per heavy atom. The van der Waals surface area contributed by atoms with E-state index in [2.05, 4.69) is 10.6 Å². The molecule has 1 aliphatic rings. The number of urea groups is 1. The second-order valence-electron chi connectivity index (χ2n) is 7.28. The van der Waals surface area contributed by atoms with Crippen LogP contribution in [0.2, 0.25) is 0 Å². The number of carboxylic acids is 1. The number of hydrogen-bond acceptors (Lipinski definition) is 7. The molecule has 3 rings (SSSR count). The van der Waals surface area contributed by atoms with Crippen LogP contribution in [0.25, 0.3) is 6.08 Å². The van der Waals surface area contributed by atoms with Crippen LogP contribution in [-0.4, -0.2) is 48.5 Å². The molecule has 0 radical (unpaired) electrons. The van der Waals surface area contributed by atoms with Crippen LogP contribution in [0.4, 0.5) is 10.5 Å². The van der Waals surface area contributed by atoms with Gasteiger partial charge in [0.15, 0.2) is 11.5 Å². The van der Waals surface area contributed by atoms with Crippen LogP contribution in [0.15, 0.2) is 48.2 Å². The number of nitrogens with zero attached hydrogens (tertiary/aromatic N) is 1. The molecule has 0 aromatic heterocycles. The maximum absolute atomic E-state index is 12.7. The molecule has 0 spiro atoms. The molecule has 2 N–H and O–H groups in total. The number of amides is 4. The first-order valence-corrected chi connectivity index (χ1v) is 9.94. The molecule has 4 amide bonds. The number of nitrogens with one attached hydrogen (secondary N) is 2. The molecule has 0 bridgehead atoms. The molecule has 172 valence electrons. The van der Waals surface area contributed by atoms with Crippen molar-refractivity contribution in [2.24, 2.45) is 0 Å². The number of carbonyl (C=O) groups excluding carboxylic acids is 4. The summed E-state index contributed by atoms with van der Waals surface area (Å²) in [6.45, 7) is 2.78. The number of imide groups is 1. The first kappa shape index (κ1) is 23.3. The maximum atomic E-state index is 12.7. The van der Waals surface area contributed by atoms with Crippen molar-refractivity contribution in [2.45, 2.75) is 20.0 Å². The van der Waals surface area contributed by atoms with Gasteiger partial charge in [-0.25, -0.2) is 9.69 Å². The van der Waals surface area contributed by atoms with E-state index in [1.165, 1.54) is 32.2 Å². The van der Waals surface area contributed by atoms with Crippen LogP contribution in [0.1, 0.15) is 18.1 Å². The Hall–Kier alpha value is -4.34. The summed E-state index contributed by atoms with van der Waals surface area (Å²) in [6.07, 6.45) is 0.213. The molecule has 0 saturated carbocycles. The van der Waals surface area contributed by atoms with Gasteiger partial charge in [0.05, 0.1) is 13.1 Å². The summed E-state index contributed by atoms with van der Waals surface area (Å²) < 4.78 is 10.5. The number of carbonyl (C=O) groups is 4. The van der Waals surface area contributed by atoms with Crippen LogP contribution in [-0.2, 0) is 14.4 Å². The van der Waals surface area contributed by atoms with E-state index in [0.29, 0.717) is 11.3 Å². The standard InChI is InChI=1S/C23H23N3O7/c1-13-4-7-16(8-5-13)24-20(27)12-26-21(28)17(25-23(26)31)10-15-6-9-18(19(11-15)32-3)33-14(2)22(29)30/h4-11,14H,12H2,1-3H3,(H,24,27)(H,25,31)(H,29,30)/p-1/b17-10-/t14-/m1/s1. The normalized spacial score (nSPS) is 15.2. The van der Waals surface area contributed by atoms with E-state index in [0.717, 1.165) is 10.5 Å². The Balaban J connectivity index is 1.71. The number of hydrogen-bond donors (Lipinski definition) is 2. The Morgan fingerprint density at radius 2 is 1.85 bits per heavy atom. The van der Waals surface area contributed by atoms with Crippen molar-refractivity contribution in [3.8, 4) is 11.5 Å². The van der Waals surface area contributed by atoms with E-state index in [4.69, 9.17) is 9.47 Å². The van der Waals surface area contributed by atoms with E-state index < -0.39 is 36.5 Å². The second kappa shape index (κ2) is 9.86. The first-order chi connectivity index (χ1) is 15.7. The Labute approximate surface area is 189 Å². The fourth-order valence-corrected chi connectivity index (χ4v) is 2.97. The van der Waals surface area contributed by atoms with E-state index in [1.807, 2.05) is 19.1 Å². The van der Waals surface area contributed by atoms with E-state index in [1.54, 1.807) is 18.2 Å². The summed E-state index contributed by atoms with van der Waals surface area (Å²) in [4.78, 5) is 48.9. The molecule has 1 aliphatic heterocycles. The molecule has 2 aromatic carbocycles. The fraction of sp³-hybridized carbons (Fsp3) is 0.217. The Morgan fingerprint density at radius 1 is 1.15 bits per heavy atom. The molecule has 1 heterocycles. The minimum absolute atomic E-state index is 0.0260. The average Bonchev–Trinajstić information content (AvgIpc) is 3.03. The van der Waals surface area contributed by atoms with Gasteiger partial charge in [-0.1, -0.05) is 23.8 Å². The number of rotatable bonds is 8. The number of methoxy groups -OCH3 is 1. The number of carboxylic acid groups (broad SMARTS) is 1. The summed E-state index contributed by atoms with van der Waals surface area (Å²) in [5.41, 5.74) is 2.04. The third kappa shape index (κ3) is 5.67. The van der Waals surface area contributed by atoms with E-state index in [-0.39, 0.29) is 17.2 Å². The largest absolute Gasteiger partial charge is 0.546 e. The number of ether oxygens (including phenoxy) is 2. The van der Waals surface area contributed by atoms with Crippen molar-refractivity contribution >= 4 is 35.6 Å². The monoisotopic (exact) mass is 452 g/mol. The van der Waals surface area contributed by atoms with Crippen molar-refractivity contribution < 1.29 is 33.8 Å². The highest BCUT2D eigenvalue weighted by molar-refractivity contribution is 6.16. The minimum atomic E-state index is -1.38. The van der Waals surface area contributed by atoms with Gasteiger partial charge in [-0.3, -0.25) is 9.59 Å².